The first-order valence-corrected chi connectivity index (χ1v) is 5.66. The predicted octanol–water partition coefficient (Wildman–Crippen LogP) is 2.14. The number of Topliss-reactive ketones (excluding diaryl/α,β-unsaturated/α-hetero) is 1. The molecule has 1 aromatic rings. The lowest BCUT2D eigenvalue weighted by Crippen LogP contribution is -2.25. The van der Waals surface area contributed by atoms with Gasteiger partial charge in [-0.05, 0) is 32.0 Å². The Morgan fingerprint density at radius 2 is 2.00 bits per heavy atom. The van der Waals surface area contributed by atoms with E-state index in [0.717, 1.165) is 0 Å². The number of methoxy groups -OCH3 is 1. The summed E-state index contributed by atoms with van der Waals surface area (Å²) in [5, 5.41) is 0. The van der Waals surface area contributed by atoms with Gasteiger partial charge in [-0.1, -0.05) is 0 Å². The molecule has 1 aromatic carbocycles. The van der Waals surface area contributed by atoms with Gasteiger partial charge < -0.3 is 14.2 Å². The predicted molar refractivity (Wildman–Crippen MR) is 65.2 cm³/mol. The molecule has 0 N–H and O–H groups in total. The number of carbonyl (C=O) groups excluding carboxylic acids is 2. The molecule has 5 nitrogen and oxygen atoms in total. The normalized spacial score (nSPS) is 11.6. The van der Waals surface area contributed by atoms with Gasteiger partial charge in [-0.15, -0.1) is 0 Å². The summed E-state index contributed by atoms with van der Waals surface area (Å²) in [6, 6.07) is 4.23. The van der Waals surface area contributed by atoms with Crippen LogP contribution in [0.4, 0.5) is 4.39 Å². The van der Waals surface area contributed by atoms with Crippen LogP contribution in [0.2, 0.25) is 0 Å². The molecule has 1 unspecified atom stereocenters. The van der Waals surface area contributed by atoms with Crippen LogP contribution in [0.5, 0.6) is 11.5 Å². The first-order chi connectivity index (χ1) is 8.99. The summed E-state index contributed by atoms with van der Waals surface area (Å²) in [6.07, 6.45) is -2.24. The average Bonchev–Trinajstić information content (AvgIpc) is 2.39. The lowest BCUT2D eigenvalue weighted by molar-refractivity contribution is -0.159. The molecule has 0 amide bonds. The number of ether oxygens (including phenoxy) is 3. The van der Waals surface area contributed by atoms with E-state index in [-0.39, 0.29) is 23.9 Å². The lowest BCUT2D eigenvalue weighted by Gasteiger charge is -2.13. The zero-order valence-corrected chi connectivity index (χ0v) is 10.9. The number of hydrogen-bond acceptors (Lipinski definition) is 5. The molecular formula is C13H15FO5. The van der Waals surface area contributed by atoms with Gasteiger partial charge in [0.05, 0.1) is 13.7 Å². The summed E-state index contributed by atoms with van der Waals surface area (Å²) in [5.74, 6) is -1.08. The van der Waals surface area contributed by atoms with Crippen molar-refractivity contribution in [1.82, 2.24) is 0 Å². The SMILES string of the molecule is CCOC(=O)C(F)Oc1ccc(C(C)=O)cc1OC. The Hall–Kier alpha value is -2.11. The third-order valence-corrected chi connectivity index (χ3v) is 2.27. The van der Waals surface area contributed by atoms with Crippen LogP contribution in [0.1, 0.15) is 24.2 Å². The first kappa shape index (κ1) is 14.9. The van der Waals surface area contributed by atoms with Gasteiger partial charge in [-0.3, -0.25) is 4.79 Å². The quantitative estimate of drug-likeness (QED) is 0.585. The maximum absolute atomic E-state index is 13.4. The van der Waals surface area contributed by atoms with E-state index in [9.17, 15) is 14.0 Å². The molecule has 6 heteroatoms. The Balaban J connectivity index is 2.89. The summed E-state index contributed by atoms with van der Waals surface area (Å²) in [7, 11) is 1.35. The Bertz CT molecular complexity index is 472. The molecule has 0 aliphatic heterocycles. The summed E-state index contributed by atoms with van der Waals surface area (Å²) in [4.78, 5) is 22.3. The first-order valence-electron chi connectivity index (χ1n) is 5.66. The molecule has 0 fully saturated rings. The van der Waals surface area contributed by atoms with E-state index in [1.54, 1.807) is 6.92 Å². The zero-order valence-electron chi connectivity index (χ0n) is 10.9. The number of esters is 1. The molecule has 104 valence electrons. The second kappa shape index (κ2) is 6.72. The second-order valence-electron chi connectivity index (χ2n) is 3.61. The van der Waals surface area contributed by atoms with Crippen LogP contribution in [0.3, 0.4) is 0 Å². The van der Waals surface area contributed by atoms with Crippen LogP contribution in [-0.2, 0) is 9.53 Å². The van der Waals surface area contributed by atoms with E-state index in [4.69, 9.17) is 9.47 Å². The Morgan fingerprint density at radius 1 is 1.32 bits per heavy atom. The van der Waals surface area contributed by atoms with Gasteiger partial charge in [0.15, 0.2) is 17.3 Å². The fourth-order valence-corrected chi connectivity index (χ4v) is 1.35. The van der Waals surface area contributed by atoms with Crippen molar-refractivity contribution < 1.29 is 28.2 Å². The van der Waals surface area contributed by atoms with E-state index < -0.39 is 12.3 Å². The molecule has 0 aliphatic rings. The number of ketones is 1. The number of halogens is 1. The van der Waals surface area contributed by atoms with E-state index >= 15 is 0 Å². The van der Waals surface area contributed by atoms with E-state index in [2.05, 4.69) is 4.74 Å². The molecule has 0 bridgehead atoms. The maximum Gasteiger partial charge on any atom is 0.381 e. The molecule has 0 aromatic heterocycles. The van der Waals surface area contributed by atoms with Crippen molar-refractivity contribution in [3.05, 3.63) is 23.8 Å². The zero-order chi connectivity index (χ0) is 14.4. The molecule has 0 aliphatic carbocycles. The standard InChI is InChI=1S/C13H15FO5/c1-4-18-13(16)12(14)19-10-6-5-9(8(2)15)7-11(10)17-3/h5-7,12H,4H2,1-3H3. The third-order valence-electron chi connectivity index (χ3n) is 2.27. The summed E-state index contributed by atoms with van der Waals surface area (Å²) >= 11 is 0. The number of carbonyl (C=O) groups is 2. The second-order valence-corrected chi connectivity index (χ2v) is 3.61. The maximum atomic E-state index is 13.4. The molecule has 0 spiro atoms. The molecular weight excluding hydrogens is 255 g/mol. The van der Waals surface area contributed by atoms with Gasteiger partial charge in [0.25, 0.3) is 0 Å². The fraction of sp³-hybridized carbons (Fsp3) is 0.385. The van der Waals surface area contributed by atoms with Crippen molar-refractivity contribution in [3.63, 3.8) is 0 Å². The van der Waals surface area contributed by atoms with Crippen molar-refractivity contribution in [1.29, 1.82) is 0 Å². The van der Waals surface area contributed by atoms with Crippen LogP contribution in [0, 0.1) is 0 Å². The summed E-state index contributed by atoms with van der Waals surface area (Å²) in [5.41, 5.74) is 0.399. The molecule has 0 heterocycles. The highest BCUT2D eigenvalue weighted by Crippen LogP contribution is 2.29. The van der Waals surface area contributed by atoms with Crippen LogP contribution in [0.15, 0.2) is 18.2 Å². The molecule has 1 atom stereocenters. The van der Waals surface area contributed by atoms with Crippen LogP contribution in [0.25, 0.3) is 0 Å². The minimum absolute atomic E-state index is 0.0213. The summed E-state index contributed by atoms with van der Waals surface area (Å²) in [6.45, 7) is 3.02. The number of rotatable bonds is 6. The Labute approximate surface area is 110 Å². The van der Waals surface area contributed by atoms with Crippen LogP contribution < -0.4 is 9.47 Å². The highest BCUT2D eigenvalue weighted by molar-refractivity contribution is 5.94. The molecule has 0 radical (unpaired) electrons. The fourth-order valence-electron chi connectivity index (χ4n) is 1.35. The van der Waals surface area contributed by atoms with Crippen LogP contribution in [-0.4, -0.2) is 31.8 Å². The van der Waals surface area contributed by atoms with Gasteiger partial charge in [0, 0.05) is 5.56 Å². The topological polar surface area (TPSA) is 61.8 Å². The van der Waals surface area contributed by atoms with Crippen molar-refractivity contribution in [2.45, 2.75) is 20.2 Å². The number of hydrogen-bond donors (Lipinski definition) is 0. The third kappa shape index (κ3) is 3.94. The molecule has 0 saturated heterocycles. The monoisotopic (exact) mass is 270 g/mol. The lowest BCUT2D eigenvalue weighted by atomic mass is 10.1. The minimum Gasteiger partial charge on any atom is -0.493 e. The van der Waals surface area contributed by atoms with Gasteiger partial charge in [-0.25, -0.2) is 4.79 Å². The number of benzene rings is 1. The highest BCUT2D eigenvalue weighted by Gasteiger charge is 2.22. The van der Waals surface area contributed by atoms with Gasteiger partial charge in [0.1, 0.15) is 0 Å². The Kier molecular flexibility index (Phi) is 5.29. The highest BCUT2D eigenvalue weighted by atomic mass is 19.1. The van der Waals surface area contributed by atoms with E-state index in [1.165, 1.54) is 32.2 Å². The number of alkyl halides is 1. The van der Waals surface area contributed by atoms with Crippen molar-refractivity contribution in [3.8, 4) is 11.5 Å². The van der Waals surface area contributed by atoms with Gasteiger partial charge in [-0.2, -0.15) is 4.39 Å². The van der Waals surface area contributed by atoms with E-state index in [1.807, 2.05) is 0 Å². The van der Waals surface area contributed by atoms with Crippen LogP contribution >= 0.6 is 0 Å². The smallest absolute Gasteiger partial charge is 0.381 e. The Morgan fingerprint density at radius 3 is 2.53 bits per heavy atom. The van der Waals surface area contributed by atoms with Crippen molar-refractivity contribution in [2.24, 2.45) is 0 Å². The average molecular weight is 270 g/mol. The van der Waals surface area contributed by atoms with E-state index in [0.29, 0.717) is 5.56 Å². The van der Waals surface area contributed by atoms with Crippen molar-refractivity contribution >= 4 is 11.8 Å². The largest absolute Gasteiger partial charge is 0.493 e. The summed E-state index contributed by atoms with van der Waals surface area (Å²) < 4.78 is 27.7. The molecule has 19 heavy (non-hydrogen) atoms. The van der Waals surface area contributed by atoms with Gasteiger partial charge in [0.2, 0.25) is 0 Å². The minimum atomic E-state index is -2.24. The molecule has 1 rings (SSSR count). The molecule has 0 saturated carbocycles. The van der Waals surface area contributed by atoms with Gasteiger partial charge >= 0.3 is 12.3 Å². The van der Waals surface area contributed by atoms with Crippen molar-refractivity contribution in [2.75, 3.05) is 13.7 Å².